The van der Waals surface area contributed by atoms with Gasteiger partial charge < -0.3 is 20.8 Å². The van der Waals surface area contributed by atoms with Gasteiger partial charge in [0.1, 0.15) is 11.6 Å². The van der Waals surface area contributed by atoms with Crippen LogP contribution in [0.2, 0.25) is 0 Å². The van der Waals surface area contributed by atoms with Crippen LogP contribution in [0, 0.1) is 11.2 Å². The Balaban J connectivity index is 1.48. The van der Waals surface area contributed by atoms with Crippen molar-refractivity contribution in [1.29, 1.82) is 5.41 Å². The zero-order valence-corrected chi connectivity index (χ0v) is 19.9. The average Bonchev–Trinajstić information content (AvgIpc) is 3.29. The van der Waals surface area contributed by atoms with Crippen LogP contribution < -0.4 is 16.4 Å². The van der Waals surface area contributed by atoms with Crippen molar-refractivity contribution in [3.8, 4) is 11.1 Å². The summed E-state index contributed by atoms with van der Waals surface area (Å²) >= 11 is 0. The van der Waals surface area contributed by atoms with Gasteiger partial charge >= 0.3 is 12.2 Å². The topological polar surface area (TPSA) is 145 Å². The zero-order chi connectivity index (χ0) is 27.3. The number of nitrogens with one attached hydrogen (secondary N) is 4. The van der Waals surface area contributed by atoms with Crippen LogP contribution in [-0.2, 0) is 17.5 Å². The predicted octanol–water partition coefficient (Wildman–Crippen LogP) is 4.02. The fraction of sp³-hybridized carbons (Fsp3) is 0.250. The lowest BCUT2D eigenvalue weighted by Crippen LogP contribution is -2.35. The number of benzene rings is 1. The number of H-pyrrole nitrogens is 1. The third-order valence-corrected chi connectivity index (χ3v) is 5.66. The summed E-state index contributed by atoms with van der Waals surface area (Å²) in [4.78, 5) is 25.8. The van der Waals surface area contributed by atoms with E-state index in [2.05, 4.69) is 30.5 Å². The number of rotatable bonds is 6. The minimum Gasteiger partial charge on any atom is -0.390 e. The van der Waals surface area contributed by atoms with Gasteiger partial charge in [0.05, 0.1) is 30.8 Å². The second kappa shape index (κ2) is 11.4. The van der Waals surface area contributed by atoms with Gasteiger partial charge in [0.25, 0.3) is 0 Å². The quantitative estimate of drug-likeness (QED) is 0.185. The molecule has 3 aromatic rings. The van der Waals surface area contributed by atoms with E-state index in [9.17, 15) is 22.4 Å². The molecule has 10 nitrogen and oxygen atoms in total. The largest absolute Gasteiger partial charge is 0.419 e. The van der Waals surface area contributed by atoms with Gasteiger partial charge in [-0.15, -0.1) is 0 Å². The number of urea groups is 1. The van der Waals surface area contributed by atoms with Crippen LogP contribution in [0.25, 0.3) is 11.1 Å². The number of pyridine rings is 1. The molecule has 3 heterocycles. The number of aliphatic imine (C=N–C) groups is 1. The first-order valence-electron chi connectivity index (χ1n) is 11.4. The lowest BCUT2D eigenvalue weighted by molar-refractivity contribution is -0.139. The van der Waals surface area contributed by atoms with Gasteiger partial charge in [-0.1, -0.05) is 0 Å². The molecule has 1 fully saturated rings. The van der Waals surface area contributed by atoms with E-state index in [1.807, 2.05) is 6.07 Å². The number of alkyl halides is 3. The van der Waals surface area contributed by atoms with Crippen molar-refractivity contribution >= 4 is 29.7 Å². The number of aromatic amines is 1. The third kappa shape index (κ3) is 6.52. The molecule has 1 saturated heterocycles. The molecule has 2 amide bonds. The Kier molecular flexibility index (Phi) is 8.02. The van der Waals surface area contributed by atoms with Crippen molar-refractivity contribution in [2.45, 2.75) is 12.7 Å². The Bertz CT molecular complexity index is 1330. The standard InChI is InChI=1S/C24H24F4N8O2/c25-19-3-2-15(10-18(19)24(26,27)28)34-23(37)35-20-4-1-14(11-31-20)17-9-16(12-36-5-7-38-8-6-36)33-21(17)22(30)32-13-29/h1-4,9-11,13,33H,5-8,12H2,(H3,29,30,32)(H2,31,34,35,37). The molecule has 0 bridgehead atoms. The van der Waals surface area contributed by atoms with Crippen LogP contribution in [0.4, 0.5) is 33.9 Å². The highest BCUT2D eigenvalue weighted by Crippen LogP contribution is 2.33. The molecule has 0 unspecified atom stereocenters. The normalized spacial score (nSPS) is 14.5. The van der Waals surface area contributed by atoms with E-state index < -0.39 is 23.6 Å². The number of anilines is 2. The Morgan fingerprint density at radius 3 is 2.63 bits per heavy atom. The fourth-order valence-corrected chi connectivity index (χ4v) is 3.88. The zero-order valence-electron chi connectivity index (χ0n) is 19.9. The van der Waals surface area contributed by atoms with Crippen molar-refractivity contribution in [1.82, 2.24) is 14.9 Å². The molecule has 6 N–H and O–H groups in total. The molecular weight excluding hydrogens is 508 g/mol. The number of morpholine rings is 1. The number of nitrogens with two attached hydrogens (primary N) is 1. The van der Waals surface area contributed by atoms with Crippen molar-refractivity contribution < 1.29 is 27.1 Å². The van der Waals surface area contributed by atoms with Crippen LogP contribution >= 0.6 is 0 Å². The lowest BCUT2D eigenvalue weighted by atomic mass is 10.1. The van der Waals surface area contributed by atoms with Gasteiger partial charge in [0.2, 0.25) is 0 Å². The van der Waals surface area contributed by atoms with Gasteiger partial charge in [-0.2, -0.15) is 13.2 Å². The van der Waals surface area contributed by atoms with E-state index in [-0.39, 0.29) is 17.3 Å². The maximum atomic E-state index is 13.5. The first-order chi connectivity index (χ1) is 18.1. The number of hydrogen-bond donors (Lipinski definition) is 5. The van der Waals surface area contributed by atoms with E-state index >= 15 is 0 Å². The van der Waals surface area contributed by atoms with Gasteiger partial charge in [0, 0.05) is 48.3 Å². The molecule has 0 spiro atoms. The predicted molar refractivity (Wildman–Crippen MR) is 134 cm³/mol. The smallest absolute Gasteiger partial charge is 0.390 e. The molecule has 14 heteroatoms. The first kappa shape index (κ1) is 26.8. The van der Waals surface area contributed by atoms with Crippen molar-refractivity contribution in [3.05, 3.63) is 65.4 Å². The summed E-state index contributed by atoms with van der Waals surface area (Å²) in [7, 11) is 0. The maximum Gasteiger partial charge on any atom is 0.419 e. The number of hydrogen-bond acceptors (Lipinski definition) is 5. The lowest BCUT2D eigenvalue weighted by Gasteiger charge is -2.25. The minimum absolute atomic E-state index is 0.0742. The maximum absolute atomic E-state index is 13.5. The SMILES string of the molecule is N=C(N=CN)c1[nH]c(CN2CCOCC2)cc1-c1ccc(NC(=O)Nc2ccc(F)c(C(F)(F)F)c2)nc1. The number of ether oxygens (including phenoxy) is 1. The van der Waals surface area contributed by atoms with Gasteiger partial charge in [-0.05, 0) is 36.4 Å². The number of amides is 2. The van der Waals surface area contributed by atoms with Gasteiger partial charge in [-0.25, -0.2) is 19.2 Å². The second-order valence-corrected chi connectivity index (χ2v) is 8.30. The fourth-order valence-electron chi connectivity index (χ4n) is 3.88. The summed E-state index contributed by atoms with van der Waals surface area (Å²) in [6, 6.07) is 6.32. The number of halogens is 4. The molecule has 0 saturated carbocycles. The van der Waals surface area contributed by atoms with Crippen LogP contribution in [0.1, 0.15) is 17.0 Å². The molecular formula is C24H24F4N8O2. The summed E-state index contributed by atoms with van der Waals surface area (Å²) in [5.41, 5.74) is 6.21. The third-order valence-electron chi connectivity index (χ3n) is 5.66. The average molecular weight is 533 g/mol. The second-order valence-electron chi connectivity index (χ2n) is 8.30. The van der Waals surface area contributed by atoms with E-state index in [1.54, 1.807) is 6.07 Å². The summed E-state index contributed by atoms with van der Waals surface area (Å²) in [6.45, 7) is 3.46. The summed E-state index contributed by atoms with van der Waals surface area (Å²) < 4.78 is 57.6. The Morgan fingerprint density at radius 2 is 1.97 bits per heavy atom. The molecule has 0 aliphatic carbocycles. The van der Waals surface area contributed by atoms with E-state index in [0.29, 0.717) is 48.7 Å². The molecule has 200 valence electrons. The molecule has 38 heavy (non-hydrogen) atoms. The molecule has 1 aliphatic heterocycles. The Labute approximate surface area is 214 Å². The summed E-state index contributed by atoms with van der Waals surface area (Å²) in [5, 5.41) is 12.9. The number of nitrogens with zero attached hydrogens (tertiary/aromatic N) is 3. The highest BCUT2D eigenvalue weighted by molar-refractivity contribution is 6.04. The van der Waals surface area contributed by atoms with Crippen molar-refractivity contribution in [3.63, 3.8) is 0 Å². The molecule has 1 aromatic carbocycles. The Morgan fingerprint density at radius 1 is 1.21 bits per heavy atom. The summed E-state index contributed by atoms with van der Waals surface area (Å²) in [5.74, 6) is -1.40. The van der Waals surface area contributed by atoms with Crippen LogP contribution in [0.15, 0.2) is 47.6 Å². The van der Waals surface area contributed by atoms with E-state index in [1.165, 1.54) is 12.3 Å². The van der Waals surface area contributed by atoms with E-state index in [0.717, 1.165) is 31.2 Å². The van der Waals surface area contributed by atoms with Crippen molar-refractivity contribution in [2.24, 2.45) is 10.7 Å². The highest BCUT2D eigenvalue weighted by atomic mass is 19.4. The van der Waals surface area contributed by atoms with Crippen LogP contribution in [0.5, 0.6) is 0 Å². The van der Waals surface area contributed by atoms with E-state index in [4.69, 9.17) is 15.9 Å². The van der Waals surface area contributed by atoms with Gasteiger partial charge in [-0.3, -0.25) is 15.6 Å². The number of amidine groups is 1. The molecule has 0 atom stereocenters. The minimum atomic E-state index is -4.90. The van der Waals surface area contributed by atoms with Crippen LogP contribution in [-0.4, -0.2) is 59.4 Å². The highest BCUT2D eigenvalue weighted by Gasteiger charge is 2.34. The van der Waals surface area contributed by atoms with Crippen molar-refractivity contribution in [2.75, 3.05) is 36.9 Å². The summed E-state index contributed by atoms with van der Waals surface area (Å²) in [6.07, 6.45) is -2.41. The first-order valence-corrected chi connectivity index (χ1v) is 11.4. The number of aromatic nitrogens is 2. The van der Waals surface area contributed by atoms with Crippen LogP contribution in [0.3, 0.4) is 0 Å². The Hall–Kier alpha value is -4.30. The number of carbonyl (C=O) groups excluding carboxylic acids is 1. The molecule has 4 rings (SSSR count). The van der Waals surface area contributed by atoms with Gasteiger partial charge in [0.15, 0.2) is 5.84 Å². The number of carbonyl (C=O) groups is 1. The monoisotopic (exact) mass is 532 g/mol. The molecule has 2 aromatic heterocycles. The molecule has 1 aliphatic rings. The molecule has 0 radical (unpaired) electrons.